The second-order valence-corrected chi connectivity index (χ2v) is 34.5. The van der Waals surface area contributed by atoms with E-state index in [2.05, 4.69) is 119 Å². The number of rotatable bonds is 20. The van der Waals surface area contributed by atoms with Crippen LogP contribution in [0.1, 0.15) is 94.4 Å². The van der Waals surface area contributed by atoms with Crippen LogP contribution in [0.4, 0.5) is 23.0 Å². The molecule has 2 N–H and O–H groups in total. The van der Waals surface area contributed by atoms with Crippen LogP contribution in [0.25, 0.3) is 39.9 Å². The highest BCUT2D eigenvalue weighted by atomic mass is 79.9. The fourth-order valence-corrected chi connectivity index (χ4v) is 18.1. The number of nitrogens with one attached hydrogen (secondary N) is 2. The van der Waals surface area contributed by atoms with Gasteiger partial charge in [0.2, 0.25) is 0 Å². The van der Waals surface area contributed by atoms with Crippen LogP contribution in [0.5, 0.6) is 23.0 Å². The number of thiophene rings is 7. The fourth-order valence-electron chi connectivity index (χ4n) is 10.7. The Morgan fingerprint density at radius 3 is 1.38 bits per heavy atom. The summed E-state index contributed by atoms with van der Waals surface area (Å²) in [5.74, 6) is 4.68. The van der Waals surface area contributed by atoms with Crippen molar-refractivity contribution >= 4 is 179 Å². The van der Waals surface area contributed by atoms with Gasteiger partial charge < -0.3 is 67.3 Å². The minimum absolute atomic E-state index is 0.127. The average Bonchev–Trinajstić information content (AvgIpc) is 1.60. The summed E-state index contributed by atoms with van der Waals surface area (Å²) in [5, 5.41) is 14.9. The summed E-state index contributed by atoms with van der Waals surface area (Å²) in [6.07, 6.45) is 4.23. The zero-order valence-corrected chi connectivity index (χ0v) is 67.4. The molecule has 4 fully saturated rings. The zero-order valence-electron chi connectivity index (χ0n) is 58.6. The number of methoxy groups -OCH3 is 2. The molecule has 0 radical (unpaired) electrons. The van der Waals surface area contributed by atoms with Crippen molar-refractivity contribution in [1.82, 2.24) is 19.9 Å². The molecule has 0 amide bonds. The number of nitrogens with zero attached hydrogens (tertiary/aromatic N) is 4. The van der Waals surface area contributed by atoms with Gasteiger partial charge in [0.1, 0.15) is 48.9 Å². The van der Waals surface area contributed by atoms with E-state index in [0.717, 1.165) is 144 Å². The molecule has 0 bridgehead atoms. The van der Waals surface area contributed by atoms with Gasteiger partial charge in [-0.25, -0.2) is 19.9 Å². The molecule has 0 atom stereocenters. The minimum atomic E-state index is -0.303. The number of carbonyl (C=O) groups is 2. The van der Waals surface area contributed by atoms with Crippen molar-refractivity contribution in [2.45, 2.75) is 71.0 Å². The Balaban J connectivity index is 0.000000129. The summed E-state index contributed by atoms with van der Waals surface area (Å²) in [6.45, 7) is 13.2. The van der Waals surface area contributed by atoms with Crippen molar-refractivity contribution in [1.29, 1.82) is 0 Å². The number of fused-ring (bicyclic) bond motifs is 2. The number of halogens is 2. The Kier molecular flexibility index (Phi) is 26.6. The van der Waals surface area contributed by atoms with Gasteiger partial charge in [0.15, 0.2) is 43.1 Å². The lowest BCUT2D eigenvalue weighted by Gasteiger charge is -2.32. The van der Waals surface area contributed by atoms with Gasteiger partial charge in [-0.2, -0.15) is 11.3 Å². The molecular formula is C77H71BBr2N6O14S7. The van der Waals surface area contributed by atoms with E-state index in [1.165, 1.54) is 11.3 Å². The van der Waals surface area contributed by atoms with Gasteiger partial charge in [0, 0.05) is 80.8 Å². The molecule has 9 aromatic heterocycles. The first-order chi connectivity index (χ1) is 52.0. The molecule has 30 heteroatoms. The average molecular weight is 1700 g/mol. The first-order valence-electron chi connectivity index (χ1n) is 33.5. The SMILES string of the molecule is Brc1cc(C2OCCO2)cs1.CC1(C)OB(c2cc(C3OCCO3)cs2)OC1(C)C.COc1ccc(COc2cccc(Nc3ncnc4cc(-c5cc(C6OCCO6)cs5)sc34)c2)cc1.COc1ccc(COc2cccc(Nc3ncnc4cc(-c5cc(C=O)cs5)sc34)c2)cc1.O=Cc1ccc(Br)s1. The Labute approximate surface area is 663 Å². The summed E-state index contributed by atoms with van der Waals surface area (Å²) in [7, 11) is 3.01. The maximum Gasteiger partial charge on any atom is 0.505 e. The summed E-state index contributed by atoms with van der Waals surface area (Å²) in [4.78, 5) is 44.1. The van der Waals surface area contributed by atoms with E-state index in [4.69, 9.17) is 56.7 Å². The largest absolute Gasteiger partial charge is 0.505 e. The molecule has 4 aliphatic rings. The Bertz CT molecular complexity index is 5050. The second kappa shape index (κ2) is 36.7. The molecule has 13 aromatic rings. The van der Waals surface area contributed by atoms with Gasteiger partial charge in [0.25, 0.3) is 0 Å². The van der Waals surface area contributed by atoms with E-state index in [1.54, 1.807) is 101 Å². The Hall–Kier alpha value is -7.70. The third-order valence-electron chi connectivity index (χ3n) is 16.9. The third-order valence-corrected chi connectivity index (χ3v) is 25.5. The van der Waals surface area contributed by atoms with Crippen molar-refractivity contribution in [2.24, 2.45) is 0 Å². The normalized spacial score (nSPS) is 15.3. The monoisotopic (exact) mass is 1700 g/mol. The van der Waals surface area contributed by atoms with Crippen LogP contribution in [0.15, 0.2) is 187 Å². The molecule has 0 saturated carbocycles. The van der Waals surface area contributed by atoms with E-state index < -0.39 is 0 Å². The molecule has 13 heterocycles. The molecule has 107 heavy (non-hydrogen) atoms. The number of benzene rings is 4. The van der Waals surface area contributed by atoms with Crippen LogP contribution in [-0.2, 0) is 50.9 Å². The predicted molar refractivity (Wildman–Crippen MR) is 434 cm³/mol. The molecule has 552 valence electrons. The van der Waals surface area contributed by atoms with Crippen LogP contribution in [0.3, 0.4) is 0 Å². The second-order valence-electron chi connectivity index (χ2n) is 24.8. The van der Waals surface area contributed by atoms with E-state index >= 15 is 0 Å². The maximum atomic E-state index is 11.0. The molecule has 0 aliphatic carbocycles. The summed E-state index contributed by atoms with van der Waals surface area (Å²) in [6, 6.07) is 47.2. The summed E-state index contributed by atoms with van der Waals surface area (Å²) in [5.41, 5.74) is 8.95. The molecule has 0 unspecified atom stereocenters. The zero-order chi connectivity index (χ0) is 74.3. The van der Waals surface area contributed by atoms with E-state index in [9.17, 15) is 9.59 Å². The number of carbonyl (C=O) groups excluding carboxylic acids is 2. The topological polar surface area (TPSA) is 221 Å². The standard InChI is InChI=1S/C27H23N3O4S2.C25H19N3O3S2.C13H19BO4S.C7H7BrO2S.C5H3BrOS/c1-31-20-7-5-17(6-8-20)14-34-21-4-2-3-19(12-21)30-26-25-22(28-16-29-26)13-24(36-25)23-11-18(15-35-23)27-32-9-10-33-27;1-30-19-7-5-16(6-8-19)13-31-20-4-2-3-18(10-20)28-25-24-21(26-15-27-25)11-23(33-24)22-9-17(12-29)14-32-22;1-12(2)13(3,4)18-14(17-12)10-7-9(8-19-10)11-15-5-6-16-11;8-6-3-5(4-11-6)7-9-1-2-10-7;6-5-2-1-4(3-7)8-5/h2-8,11-13,15-16,27H,9-10,14H2,1H3,(H,28,29,30);2-12,14-15H,13H2,1H3,(H,26,27,28);7-8,11H,5-6H2,1-4H3;3-4,7H,1-2H2;1-3H. The van der Waals surface area contributed by atoms with Gasteiger partial charge in [-0.05, 0) is 179 Å². The lowest BCUT2D eigenvalue weighted by Crippen LogP contribution is -2.41. The van der Waals surface area contributed by atoms with Crippen LogP contribution in [0.2, 0.25) is 0 Å². The summed E-state index contributed by atoms with van der Waals surface area (Å²) >= 11 is 17.8. The van der Waals surface area contributed by atoms with E-state index in [0.29, 0.717) is 58.4 Å². The minimum Gasteiger partial charge on any atom is -0.497 e. The van der Waals surface area contributed by atoms with E-state index in [1.807, 2.05) is 132 Å². The molecule has 20 nitrogen and oxygen atoms in total. The number of aldehydes is 2. The number of hydrogen-bond acceptors (Lipinski definition) is 27. The molecule has 4 aromatic carbocycles. The predicted octanol–water partition coefficient (Wildman–Crippen LogP) is 20.3. The molecule has 4 aliphatic heterocycles. The number of aromatic nitrogens is 4. The lowest BCUT2D eigenvalue weighted by atomic mass is 9.87. The first kappa shape index (κ1) is 77.5. The quantitative estimate of drug-likeness (QED) is 0.0535. The van der Waals surface area contributed by atoms with Crippen molar-refractivity contribution in [2.75, 3.05) is 64.5 Å². The van der Waals surface area contributed by atoms with Crippen LogP contribution < -0.4 is 34.4 Å². The molecule has 4 saturated heterocycles. The van der Waals surface area contributed by atoms with Gasteiger partial charge in [-0.15, -0.1) is 68.0 Å². The van der Waals surface area contributed by atoms with Gasteiger partial charge in [-0.3, -0.25) is 9.59 Å². The number of hydrogen-bond donors (Lipinski definition) is 2. The van der Waals surface area contributed by atoms with Crippen molar-refractivity contribution in [3.63, 3.8) is 0 Å². The van der Waals surface area contributed by atoms with Crippen LogP contribution in [0, 0.1) is 0 Å². The fraction of sp³-hybridized carbons (Fsp3) is 0.247. The Morgan fingerprint density at radius 2 is 0.944 bits per heavy atom. The molecule has 17 rings (SSSR count). The maximum absolute atomic E-state index is 11.0. The van der Waals surface area contributed by atoms with Crippen LogP contribution in [-0.4, -0.2) is 105 Å². The van der Waals surface area contributed by atoms with Gasteiger partial charge in [0.05, 0.1) is 97.9 Å². The van der Waals surface area contributed by atoms with Gasteiger partial charge in [-0.1, -0.05) is 36.4 Å². The van der Waals surface area contributed by atoms with Crippen molar-refractivity contribution in [3.05, 3.63) is 226 Å². The van der Waals surface area contributed by atoms with Gasteiger partial charge >= 0.3 is 7.12 Å². The van der Waals surface area contributed by atoms with Crippen molar-refractivity contribution in [3.8, 4) is 42.5 Å². The van der Waals surface area contributed by atoms with Crippen molar-refractivity contribution < 1.29 is 66.3 Å². The number of ether oxygens (including phenoxy) is 10. The Morgan fingerprint density at radius 1 is 0.477 bits per heavy atom. The highest BCUT2D eigenvalue weighted by Crippen LogP contribution is 2.43. The smallest absolute Gasteiger partial charge is 0.497 e. The van der Waals surface area contributed by atoms with Crippen LogP contribution >= 0.6 is 111 Å². The van der Waals surface area contributed by atoms with E-state index in [-0.39, 0.29) is 37.2 Å². The molecular weight excluding hydrogens is 1630 g/mol. The number of anilines is 4. The highest BCUT2D eigenvalue weighted by molar-refractivity contribution is 9.11. The highest BCUT2D eigenvalue weighted by Gasteiger charge is 2.52. The third kappa shape index (κ3) is 20.4. The molecule has 0 spiro atoms. The summed E-state index contributed by atoms with van der Waals surface area (Å²) < 4.78 is 72.5. The lowest BCUT2D eigenvalue weighted by molar-refractivity contribution is -0.0440. The first-order valence-corrected chi connectivity index (χ1v) is 41.1.